The zero-order valence-corrected chi connectivity index (χ0v) is 18.0. The topological polar surface area (TPSA) is 26.3 Å². The summed E-state index contributed by atoms with van der Waals surface area (Å²) in [5.74, 6) is 4.78. The van der Waals surface area contributed by atoms with Gasteiger partial charge in [-0.1, -0.05) is 45.8 Å². The number of fused-ring (bicyclic) bond motifs is 5. The number of methoxy groups -OCH3 is 1. The first-order valence-corrected chi connectivity index (χ1v) is 11.7. The third-order valence-electron chi connectivity index (χ3n) is 9.86. The van der Waals surface area contributed by atoms with Crippen molar-refractivity contribution in [3.8, 4) is 0 Å². The maximum atomic E-state index is 11.6. The highest BCUT2D eigenvalue weighted by Crippen LogP contribution is 2.66. The molecule has 0 spiro atoms. The summed E-state index contributed by atoms with van der Waals surface area (Å²) in [6.07, 6.45) is 18.2. The second-order valence-electron chi connectivity index (χ2n) is 10.9. The van der Waals surface area contributed by atoms with Crippen molar-refractivity contribution in [3.05, 3.63) is 12.2 Å². The molecule has 2 nitrogen and oxygen atoms in total. The highest BCUT2D eigenvalue weighted by atomic mass is 16.5. The fraction of sp³-hybridized carbons (Fsp3) is 0.880. The molecule has 2 heteroatoms. The summed E-state index contributed by atoms with van der Waals surface area (Å²) in [4.78, 5) is 11.6. The van der Waals surface area contributed by atoms with Crippen molar-refractivity contribution in [2.75, 3.05) is 7.11 Å². The lowest BCUT2D eigenvalue weighted by Gasteiger charge is -2.58. The number of esters is 1. The molecule has 4 unspecified atom stereocenters. The van der Waals surface area contributed by atoms with Crippen molar-refractivity contribution in [3.63, 3.8) is 0 Å². The van der Waals surface area contributed by atoms with Gasteiger partial charge in [-0.25, -0.2) is 0 Å². The Balaban J connectivity index is 1.52. The zero-order chi connectivity index (χ0) is 19.2. The summed E-state index contributed by atoms with van der Waals surface area (Å²) >= 11 is 0. The van der Waals surface area contributed by atoms with Crippen LogP contribution >= 0.6 is 0 Å². The van der Waals surface area contributed by atoms with Crippen LogP contribution in [0.25, 0.3) is 0 Å². The van der Waals surface area contributed by atoms with E-state index < -0.39 is 0 Å². The van der Waals surface area contributed by atoms with Crippen molar-refractivity contribution in [2.45, 2.75) is 85.0 Å². The Morgan fingerprint density at radius 2 is 1.81 bits per heavy atom. The highest BCUT2D eigenvalue weighted by molar-refractivity contribution is 5.69. The Morgan fingerprint density at radius 3 is 2.59 bits per heavy atom. The van der Waals surface area contributed by atoms with Gasteiger partial charge in [-0.15, -0.1) is 0 Å². The number of carbonyl (C=O) groups excluding carboxylic acids is 1. The molecule has 27 heavy (non-hydrogen) atoms. The average Bonchev–Trinajstić information content (AvgIpc) is 3.02. The third kappa shape index (κ3) is 3.10. The molecule has 0 amide bonds. The number of carbonyl (C=O) groups is 1. The van der Waals surface area contributed by atoms with Crippen LogP contribution in [0.2, 0.25) is 0 Å². The number of ether oxygens (including phenoxy) is 1. The monoisotopic (exact) mass is 372 g/mol. The van der Waals surface area contributed by atoms with E-state index in [9.17, 15) is 4.79 Å². The lowest BCUT2D eigenvalue weighted by Crippen LogP contribution is -2.51. The van der Waals surface area contributed by atoms with Gasteiger partial charge in [0, 0.05) is 6.42 Å². The first kappa shape index (κ1) is 19.5. The van der Waals surface area contributed by atoms with E-state index in [2.05, 4.69) is 32.9 Å². The summed E-state index contributed by atoms with van der Waals surface area (Å²) in [7, 11) is 1.51. The summed E-state index contributed by atoms with van der Waals surface area (Å²) in [5, 5.41) is 0. The number of rotatable bonds is 4. The molecule has 0 aromatic rings. The maximum Gasteiger partial charge on any atom is 0.305 e. The number of hydrogen-bond acceptors (Lipinski definition) is 2. The van der Waals surface area contributed by atoms with E-state index in [4.69, 9.17) is 4.74 Å². The van der Waals surface area contributed by atoms with Crippen LogP contribution in [-0.2, 0) is 9.53 Å². The van der Waals surface area contributed by atoms with Crippen LogP contribution in [0.3, 0.4) is 0 Å². The normalized spacial score (nSPS) is 46.9. The quantitative estimate of drug-likeness (QED) is 0.421. The van der Waals surface area contributed by atoms with E-state index in [0.29, 0.717) is 23.2 Å². The summed E-state index contributed by atoms with van der Waals surface area (Å²) < 4.78 is 4.88. The van der Waals surface area contributed by atoms with Gasteiger partial charge in [-0.2, -0.15) is 0 Å². The summed E-state index contributed by atoms with van der Waals surface area (Å²) in [6, 6.07) is 0. The molecule has 3 fully saturated rings. The van der Waals surface area contributed by atoms with Gasteiger partial charge < -0.3 is 4.74 Å². The molecule has 4 aliphatic rings. The Hall–Kier alpha value is -0.790. The van der Waals surface area contributed by atoms with Crippen LogP contribution in [0, 0.1) is 46.3 Å². The Labute approximate surface area is 166 Å². The second kappa shape index (κ2) is 7.23. The minimum absolute atomic E-state index is 0.0447. The molecule has 4 rings (SSSR count). The smallest absolute Gasteiger partial charge is 0.305 e. The second-order valence-corrected chi connectivity index (χ2v) is 10.9. The Morgan fingerprint density at radius 1 is 1.04 bits per heavy atom. The standard InChI is InChI=1S/C25H40O2/c1-17(8-13-23(26)27-4)20-11-12-21-19-10-9-18-7-5-6-15-24(18,2)22(19)14-16-25(20,21)3/h9-10,17-22H,5-8,11-16H2,1-4H3/t17-,18+,19?,20?,21?,22?,24+,25-/m1/s1. The molecule has 0 heterocycles. The molecule has 0 saturated heterocycles. The molecule has 4 aliphatic carbocycles. The Bertz CT molecular complexity index is 595. The van der Waals surface area contributed by atoms with Crippen molar-refractivity contribution in [1.82, 2.24) is 0 Å². The fourth-order valence-electron chi connectivity index (χ4n) is 8.28. The van der Waals surface area contributed by atoms with Crippen molar-refractivity contribution in [2.24, 2.45) is 46.3 Å². The van der Waals surface area contributed by atoms with E-state index in [-0.39, 0.29) is 5.97 Å². The minimum atomic E-state index is -0.0447. The van der Waals surface area contributed by atoms with Crippen molar-refractivity contribution >= 4 is 5.97 Å². The number of allylic oxidation sites excluding steroid dienone is 2. The van der Waals surface area contributed by atoms with E-state index >= 15 is 0 Å². The molecule has 3 saturated carbocycles. The minimum Gasteiger partial charge on any atom is -0.469 e. The molecule has 8 atom stereocenters. The predicted molar refractivity (Wildman–Crippen MR) is 110 cm³/mol. The first-order chi connectivity index (χ1) is 12.9. The van der Waals surface area contributed by atoms with Crippen LogP contribution in [0.15, 0.2) is 12.2 Å². The molecular formula is C25H40O2. The average molecular weight is 373 g/mol. The molecule has 152 valence electrons. The van der Waals surface area contributed by atoms with Gasteiger partial charge in [0.2, 0.25) is 0 Å². The predicted octanol–water partition coefficient (Wildman–Crippen LogP) is 6.40. The molecule has 0 aromatic heterocycles. The van der Waals surface area contributed by atoms with Gasteiger partial charge in [0.15, 0.2) is 0 Å². The van der Waals surface area contributed by atoms with Gasteiger partial charge in [-0.3, -0.25) is 4.79 Å². The van der Waals surface area contributed by atoms with Gasteiger partial charge in [0.25, 0.3) is 0 Å². The lowest BCUT2D eigenvalue weighted by atomic mass is 9.46. The molecule has 0 aliphatic heterocycles. The third-order valence-corrected chi connectivity index (χ3v) is 9.86. The maximum absolute atomic E-state index is 11.6. The molecule has 0 aromatic carbocycles. The zero-order valence-electron chi connectivity index (χ0n) is 18.0. The SMILES string of the molecule is COC(=O)CC[C@@H](C)C1CCC2C3C=C[C@@H]4CCCC[C@]4(C)C3CC[C@@]21C. The number of hydrogen-bond donors (Lipinski definition) is 0. The van der Waals surface area contributed by atoms with Crippen molar-refractivity contribution in [1.29, 1.82) is 0 Å². The van der Waals surface area contributed by atoms with Crippen LogP contribution in [0.5, 0.6) is 0 Å². The van der Waals surface area contributed by atoms with E-state index in [1.807, 2.05) is 0 Å². The van der Waals surface area contributed by atoms with Gasteiger partial charge in [0.1, 0.15) is 0 Å². The summed E-state index contributed by atoms with van der Waals surface area (Å²) in [6.45, 7) is 7.62. The largest absolute Gasteiger partial charge is 0.469 e. The molecular weight excluding hydrogens is 332 g/mol. The summed E-state index contributed by atoms with van der Waals surface area (Å²) in [5.41, 5.74) is 1.03. The van der Waals surface area contributed by atoms with Gasteiger partial charge >= 0.3 is 5.97 Å². The van der Waals surface area contributed by atoms with E-state index in [0.717, 1.165) is 36.0 Å². The van der Waals surface area contributed by atoms with Crippen LogP contribution in [-0.4, -0.2) is 13.1 Å². The first-order valence-electron chi connectivity index (χ1n) is 11.7. The molecule has 0 radical (unpaired) electrons. The van der Waals surface area contributed by atoms with E-state index in [1.54, 1.807) is 0 Å². The van der Waals surface area contributed by atoms with Crippen LogP contribution < -0.4 is 0 Å². The van der Waals surface area contributed by atoms with Gasteiger partial charge in [0.05, 0.1) is 7.11 Å². The van der Waals surface area contributed by atoms with Crippen LogP contribution in [0.4, 0.5) is 0 Å². The lowest BCUT2D eigenvalue weighted by molar-refractivity contribution is -0.141. The van der Waals surface area contributed by atoms with Crippen LogP contribution in [0.1, 0.15) is 85.0 Å². The molecule has 0 N–H and O–H groups in total. The highest BCUT2D eigenvalue weighted by Gasteiger charge is 2.58. The van der Waals surface area contributed by atoms with Gasteiger partial charge in [-0.05, 0) is 91.3 Å². The van der Waals surface area contributed by atoms with E-state index in [1.165, 1.54) is 58.5 Å². The van der Waals surface area contributed by atoms with Crippen molar-refractivity contribution < 1.29 is 9.53 Å². The fourth-order valence-corrected chi connectivity index (χ4v) is 8.28. The molecule has 0 bridgehead atoms. The Kier molecular flexibility index (Phi) is 5.23.